The lowest BCUT2D eigenvalue weighted by atomic mass is 9.72. The quantitative estimate of drug-likeness (QED) is 0.247. The number of carbonyl (C=O) groups is 1. The number of hydrogen-bond donors (Lipinski definition) is 1. The van der Waals surface area contributed by atoms with Crippen molar-refractivity contribution in [3.05, 3.63) is 69.3 Å². The number of allylic oxidation sites excluding steroid dienone is 2. The van der Waals surface area contributed by atoms with Crippen molar-refractivity contribution >= 4 is 29.3 Å². The number of hydrogen-bond acceptors (Lipinski definition) is 6. The highest BCUT2D eigenvalue weighted by Gasteiger charge is 2.45. The van der Waals surface area contributed by atoms with E-state index in [1.807, 2.05) is 19.1 Å². The van der Waals surface area contributed by atoms with Crippen LogP contribution >= 0.6 is 23.4 Å². The van der Waals surface area contributed by atoms with Gasteiger partial charge < -0.3 is 19.9 Å². The van der Waals surface area contributed by atoms with E-state index in [1.165, 1.54) is 24.6 Å². The van der Waals surface area contributed by atoms with Gasteiger partial charge in [0.15, 0.2) is 0 Å². The summed E-state index contributed by atoms with van der Waals surface area (Å²) in [5.41, 5.74) is 4.03. The first kappa shape index (κ1) is 28.4. The topological polar surface area (TPSA) is 68.6 Å². The number of thioether (sulfide) groups is 1. The number of ether oxygens (including phenoxy) is 1. The first-order valence-corrected chi connectivity index (χ1v) is 14.6. The van der Waals surface area contributed by atoms with Gasteiger partial charge in [-0.05, 0) is 83.8 Å². The van der Waals surface area contributed by atoms with Gasteiger partial charge in [0.2, 0.25) is 0 Å². The maximum Gasteiger partial charge on any atom is 0.266 e. The second-order valence-electron chi connectivity index (χ2n) is 10.6. The van der Waals surface area contributed by atoms with E-state index in [9.17, 15) is 4.79 Å². The Morgan fingerprint density at radius 1 is 1.26 bits per heavy atom. The predicted octanol–water partition coefficient (Wildman–Crippen LogP) is 5.86. The summed E-state index contributed by atoms with van der Waals surface area (Å²) in [4.78, 5) is 18.5. The van der Waals surface area contributed by atoms with Gasteiger partial charge in [0, 0.05) is 30.6 Å². The second-order valence-corrected chi connectivity index (χ2v) is 12.1. The fourth-order valence-corrected chi connectivity index (χ4v) is 6.31. The molecular weight excluding hydrogens is 516 g/mol. The molecule has 1 saturated carbocycles. The molecule has 1 aliphatic carbocycles. The average molecular weight is 553 g/mol. The molecule has 2 aliphatic heterocycles. The number of nitrogens with one attached hydrogen (secondary N) is 1. The first-order chi connectivity index (χ1) is 18.3. The summed E-state index contributed by atoms with van der Waals surface area (Å²) in [7, 11) is 2.19. The SMILES string of the molecule is C=C(SC(=C=C/C=C/C)C(=O)NC1CCC(Oc2ccc(C#N)c(Cl)c2)CC1)N1CC2(CCN(C)CC2)C1. The molecule has 0 radical (unpaired) electrons. The van der Waals surface area contributed by atoms with E-state index < -0.39 is 0 Å². The molecule has 1 spiro atoms. The summed E-state index contributed by atoms with van der Waals surface area (Å²) in [6, 6.07) is 7.30. The zero-order valence-corrected chi connectivity index (χ0v) is 23.9. The van der Waals surface area contributed by atoms with Crippen LogP contribution in [0.3, 0.4) is 0 Å². The zero-order valence-electron chi connectivity index (χ0n) is 22.3. The van der Waals surface area contributed by atoms with E-state index in [2.05, 4.69) is 40.5 Å². The Labute approximate surface area is 236 Å². The molecule has 8 heteroatoms. The van der Waals surface area contributed by atoms with Crippen molar-refractivity contribution in [3.8, 4) is 11.8 Å². The van der Waals surface area contributed by atoms with Gasteiger partial charge in [-0.15, -0.1) is 0 Å². The Bertz CT molecular complexity index is 1160. The lowest BCUT2D eigenvalue weighted by Gasteiger charge is -2.55. The van der Waals surface area contributed by atoms with Crippen molar-refractivity contribution < 1.29 is 9.53 Å². The van der Waals surface area contributed by atoms with Crippen LogP contribution in [0.1, 0.15) is 51.0 Å². The summed E-state index contributed by atoms with van der Waals surface area (Å²) in [6.45, 7) is 10.6. The van der Waals surface area contributed by atoms with Gasteiger partial charge in [0.25, 0.3) is 5.91 Å². The molecule has 38 heavy (non-hydrogen) atoms. The third-order valence-electron chi connectivity index (χ3n) is 7.76. The largest absolute Gasteiger partial charge is 0.490 e. The van der Waals surface area contributed by atoms with Crippen molar-refractivity contribution in [2.75, 3.05) is 33.2 Å². The van der Waals surface area contributed by atoms with Crippen LogP contribution in [0.4, 0.5) is 0 Å². The summed E-state index contributed by atoms with van der Waals surface area (Å²) in [5, 5.41) is 13.6. The lowest BCUT2D eigenvalue weighted by Crippen LogP contribution is -2.58. The molecule has 1 amide bonds. The third-order valence-corrected chi connectivity index (χ3v) is 9.07. The van der Waals surface area contributed by atoms with E-state index >= 15 is 0 Å². The van der Waals surface area contributed by atoms with Gasteiger partial charge in [-0.2, -0.15) is 5.26 Å². The van der Waals surface area contributed by atoms with E-state index in [1.54, 1.807) is 24.3 Å². The van der Waals surface area contributed by atoms with Crippen LogP contribution in [0.5, 0.6) is 5.75 Å². The molecule has 6 nitrogen and oxygen atoms in total. The summed E-state index contributed by atoms with van der Waals surface area (Å²) >= 11 is 7.56. The number of nitriles is 1. The van der Waals surface area contributed by atoms with Crippen LogP contribution < -0.4 is 10.1 Å². The monoisotopic (exact) mass is 552 g/mol. The van der Waals surface area contributed by atoms with Crippen molar-refractivity contribution in [1.29, 1.82) is 5.26 Å². The number of rotatable bonds is 8. The number of likely N-dealkylation sites (tertiary alicyclic amines) is 2. The van der Waals surface area contributed by atoms with Crippen molar-refractivity contribution in [1.82, 2.24) is 15.1 Å². The van der Waals surface area contributed by atoms with Crippen LogP contribution in [0, 0.1) is 16.7 Å². The molecule has 3 aliphatic rings. The Kier molecular flexibility index (Phi) is 9.68. The van der Waals surface area contributed by atoms with E-state index in [0.717, 1.165) is 56.9 Å². The number of halogens is 1. The van der Waals surface area contributed by atoms with Crippen LogP contribution in [-0.4, -0.2) is 61.1 Å². The van der Waals surface area contributed by atoms with Gasteiger partial charge in [-0.25, -0.2) is 0 Å². The van der Waals surface area contributed by atoms with E-state index in [-0.39, 0.29) is 18.1 Å². The number of amides is 1. The number of carbonyl (C=O) groups excluding carboxylic acids is 1. The van der Waals surface area contributed by atoms with Crippen molar-refractivity contribution in [3.63, 3.8) is 0 Å². The predicted molar refractivity (Wildman–Crippen MR) is 155 cm³/mol. The second kappa shape index (κ2) is 13.0. The van der Waals surface area contributed by atoms with E-state index in [4.69, 9.17) is 21.6 Å². The van der Waals surface area contributed by atoms with Gasteiger partial charge in [-0.3, -0.25) is 4.79 Å². The molecular formula is C30H37ClN4O2S. The van der Waals surface area contributed by atoms with Crippen molar-refractivity contribution in [2.45, 2.75) is 57.6 Å². The molecule has 0 unspecified atom stereocenters. The average Bonchev–Trinajstić information content (AvgIpc) is 2.88. The highest BCUT2D eigenvalue weighted by molar-refractivity contribution is 8.07. The molecule has 1 aromatic rings. The molecule has 4 rings (SSSR count). The minimum Gasteiger partial charge on any atom is -0.490 e. The number of nitrogens with zero attached hydrogens (tertiary/aromatic N) is 3. The van der Waals surface area contributed by atoms with Gasteiger partial charge >= 0.3 is 0 Å². The number of benzene rings is 1. The van der Waals surface area contributed by atoms with E-state index in [0.29, 0.717) is 26.7 Å². The van der Waals surface area contributed by atoms with Crippen LogP contribution in [0.2, 0.25) is 5.02 Å². The summed E-state index contributed by atoms with van der Waals surface area (Å²) in [6.07, 6.45) is 11.4. The Morgan fingerprint density at radius 3 is 2.61 bits per heavy atom. The van der Waals surface area contributed by atoms with Crippen LogP contribution in [-0.2, 0) is 4.79 Å². The van der Waals surface area contributed by atoms with Crippen LogP contribution in [0.25, 0.3) is 0 Å². The first-order valence-electron chi connectivity index (χ1n) is 13.4. The Morgan fingerprint density at radius 2 is 1.97 bits per heavy atom. The van der Waals surface area contributed by atoms with Crippen LogP contribution in [0.15, 0.2) is 58.7 Å². The minimum absolute atomic E-state index is 0.0595. The Balaban J connectivity index is 1.28. The normalized spacial score (nSPS) is 22.7. The van der Waals surface area contributed by atoms with Gasteiger partial charge in [-0.1, -0.05) is 47.8 Å². The third kappa shape index (κ3) is 7.27. The molecule has 0 aromatic heterocycles. The zero-order chi connectivity index (χ0) is 27.1. The van der Waals surface area contributed by atoms with Crippen molar-refractivity contribution in [2.24, 2.45) is 5.41 Å². The fourth-order valence-electron chi connectivity index (χ4n) is 5.32. The maximum absolute atomic E-state index is 13.3. The molecule has 0 bridgehead atoms. The molecule has 3 fully saturated rings. The summed E-state index contributed by atoms with van der Waals surface area (Å²) < 4.78 is 6.09. The molecule has 0 atom stereocenters. The lowest BCUT2D eigenvalue weighted by molar-refractivity contribution is -0.117. The number of piperidine rings is 1. The molecule has 1 N–H and O–H groups in total. The molecule has 1 aromatic carbocycles. The highest BCUT2D eigenvalue weighted by Crippen LogP contribution is 2.44. The highest BCUT2D eigenvalue weighted by atomic mass is 35.5. The molecule has 2 saturated heterocycles. The minimum atomic E-state index is -0.102. The Hall–Kier alpha value is -2.62. The standard InChI is InChI=1S/C30H37ClN4O2S/c1-4-5-6-7-28(38-22(2)35-20-30(21-35)14-16-34(3)17-15-30)29(36)33-24-9-12-25(13-10-24)37-26-11-8-23(19-32)27(31)18-26/h4-6,8,11,18,24-25H,2,9-10,12-17,20-21H2,1,3H3,(H,33,36)/b5-4+. The van der Waals surface area contributed by atoms with Gasteiger partial charge in [0.05, 0.1) is 21.7 Å². The van der Waals surface area contributed by atoms with Gasteiger partial charge in [0.1, 0.15) is 16.7 Å². The molecule has 2 heterocycles. The smallest absolute Gasteiger partial charge is 0.266 e. The molecule has 202 valence electrons. The summed E-state index contributed by atoms with van der Waals surface area (Å²) in [5.74, 6) is 0.568. The fraction of sp³-hybridized carbons (Fsp3) is 0.500. The maximum atomic E-state index is 13.3.